The van der Waals surface area contributed by atoms with Gasteiger partial charge in [0, 0.05) is 12.1 Å². The number of carbonyl (C=O) groups excluding carboxylic acids is 1. The van der Waals surface area contributed by atoms with Crippen LogP contribution in [0, 0.1) is 0 Å². The zero-order valence-corrected chi connectivity index (χ0v) is 22.0. The van der Waals surface area contributed by atoms with Crippen LogP contribution in [0.2, 0.25) is 0 Å². The first kappa shape index (κ1) is 26.8. The van der Waals surface area contributed by atoms with E-state index in [1.807, 2.05) is 37.3 Å². The van der Waals surface area contributed by atoms with Crippen molar-refractivity contribution in [3.63, 3.8) is 0 Å². The number of carbonyl (C=O) groups is 2. The minimum atomic E-state index is -1.02. The van der Waals surface area contributed by atoms with Crippen LogP contribution in [0.4, 0.5) is 10.6 Å². The summed E-state index contributed by atoms with van der Waals surface area (Å²) in [6, 6.07) is 15.9. The van der Waals surface area contributed by atoms with Gasteiger partial charge >= 0.3 is 12.0 Å². The molecular formula is C28H28N6O7. The summed E-state index contributed by atoms with van der Waals surface area (Å²) in [6.45, 7) is 2.49. The number of benzene rings is 2. The molecule has 4 heterocycles. The molecule has 2 aromatic heterocycles. The minimum Gasteiger partial charge on any atom is -0.478 e. The van der Waals surface area contributed by atoms with E-state index in [1.54, 1.807) is 35.2 Å². The molecule has 2 aliphatic rings. The zero-order valence-electron chi connectivity index (χ0n) is 22.0. The molecule has 3 N–H and O–H groups in total. The summed E-state index contributed by atoms with van der Waals surface area (Å²) in [5, 5.41) is 14.9. The lowest BCUT2D eigenvalue weighted by molar-refractivity contribution is -0.158. The summed E-state index contributed by atoms with van der Waals surface area (Å²) in [5.74, 6) is -0.758. The number of nitrogens with zero attached hydrogens (tertiary/aromatic N) is 4. The number of carboxylic acid groups (broad SMARTS) is 1. The second-order valence-electron chi connectivity index (χ2n) is 9.52. The van der Waals surface area contributed by atoms with Crippen molar-refractivity contribution in [3.05, 3.63) is 83.9 Å². The van der Waals surface area contributed by atoms with Gasteiger partial charge < -0.3 is 29.4 Å². The normalized spacial score (nSPS) is 23.4. The maximum absolute atomic E-state index is 12.1. The highest BCUT2D eigenvalue weighted by atomic mass is 16.8. The van der Waals surface area contributed by atoms with Crippen molar-refractivity contribution < 1.29 is 33.6 Å². The summed E-state index contributed by atoms with van der Waals surface area (Å²) in [7, 11) is 0. The van der Waals surface area contributed by atoms with Gasteiger partial charge in [-0.05, 0) is 18.6 Å². The van der Waals surface area contributed by atoms with Crippen molar-refractivity contribution in [1.29, 1.82) is 0 Å². The Morgan fingerprint density at radius 2 is 1.78 bits per heavy atom. The lowest BCUT2D eigenvalue weighted by Gasteiger charge is -2.21. The molecule has 0 spiro atoms. The molecule has 2 fully saturated rings. The fourth-order valence-electron chi connectivity index (χ4n) is 5.04. The highest BCUT2D eigenvalue weighted by molar-refractivity contribution is 5.95. The number of fused-ring (bicyclic) bond motifs is 2. The number of ether oxygens (including phenoxy) is 4. The fraction of sp³-hybridized carbons (Fsp3) is 0.321. The highest BCUT2D eigenvalue weighted by Gasteiger charge is 2.54. The molecule has 0 radical (unpaired) electrons. The maximum Gasteiger partial charge on any atom is 0.336 e. The number of aromatic carboxylic acids is 1. The first-order valence-corrected chi connectivity index (χ1v) is 13.2. The molecule has 2 saturated heterocycles. The predicted molar refractivity (Wildman–Crippen MR) is 144 cm³/mol. The van der Waals surface area contributed by atoms with Crippen LogP contribution in [0.15, 0.2) is 67.3 Å². The molecule has 5 atom stereocenters. The monoisotopic (exact) mass is 560 g/mol. The van der Waals surface area contributed by atoms with Crippen LogP contribution < -0.4 is 10.6 Å². The third kappa shape index (κ3) is 5.35. The molecule has 6 rings (SSSR count). The van der Waals surface area contributed by atoms with Crippen molar-refractivity contribution in [2.75, 3.05) is 18.5 Å². The highest BCUT2D eigenvalue weighted by Crippen LogP contribution is 2.45. The molecule has 0 bridgehead atoms. The lowest BCUT2D eigenvalue weighted by atomic mass is 10.1. The Kier molecular flexibility index (Phi) is 7.57. The molecular weight excluding hydrogens is 532 g/mol. The Morgan fingerprint density at radius 1 is 1.00 bits per heavy atom. The Balaban J connectivity index is 1.25. The molecule has 13 nitrogen and oxygen atoms in total. The van der Waals surface area contributed by atoms with Crippen LogP contribution in [0.25, 0.3) is 11.2 Å². The molecule has 13 heteroatoms. The maximum atomic E-state index is 12.1. The van der Waals surface area contributed by atoms with E-state index in [4.69, 9.17) is 18.9 Å². The first-order chi connectivity index (χ1) is 20.0. The van der Waals surface area contributed by atoms with E-state index in [1.165, 1.54) is 6.33 Å². The van der Waals surface area contributed by atoms with Gasteiger partial charge in [-0.25, -0.2) is 24.5 Å². The van der Waals surface area contributed by atoms with Crippen LogP contribution >= 0.6 is 0 Å². The third-order valence-corrected chi connectivity index (χ3v) is 6.91. The van der Waals surface area contributed by atoms with Crippen molar-refractivity contribution >= 4 is 29.0 Å². The lowest BCUT2D eigenvalue weighted by Crippen LogP contribution is -2.31. The van der Waals surface area contributed by atoms with Crippen LogP contribution in [-0.2, 0) is 25.6 Å². The van der Waals surface area contributed by atoms with E-state index in [9.17, 15) is 14.7 Å². The number of hydrogen-bond donors (Lipinski definition) is 3. The Morgan fingerprint density at radius 3 is 2.59 bits per heavy atom. The molecule has 0 aliphatic carbocycles. The molecule has 1 unspecified atom stereocenters. The molecule has 2 amide bonds. The number of anilines is 1. The van der Waals surface area contributed by atoms with Crippen LogP contribution in [0.5, 0.6) is 0 Å². The molecule has 212 valence electrons. The van der Waals surface area contributed by atoms with Crippen LogP contribution in [-0.4, -0.2) is 68.1 Å². The minimum absolute atomic E-state index is 0.0867. The van der Waals surface area contributed by atoms with Gasteiger partial charge in [0.2, 0.25) is 0 Å². The fourth-order valence-corrected chi connectivity index (χ4v) is 5.04. The quantitative estimate of drug-likeness (QED) is 0.277. The van der Waals surface area contributed by atoms with E-state index in [0.29, 0.717) is 23.3 Å². The third-order valence-electron chi connectivity index (χ3n) is 6.91. The number of rotatable bonds is 9. The van der Waals surface area contributed by atoms with Gasteiger partial charge in [0.1, 0.15) is 24.6 Å². The topological polar surface area (TPSA) is 159 Å². The predicted octanol–water partition coefficient (Wildman–Crippen LogP) is 3.26. The molecule has 2 aromatic carbocycles. The second-order valence-corrected chi connectivity index (χ2v) is 9.52. The zero-order chi connectivity index (χ0) is 28.3. The number of aromatic nitrogens is 4. The van der Waals surface area contributed by atoms with Gasteiger partial charge in [-0.3, -0.25) is 9.88 Å². The summed E-state index contributed by atoms with van der Waals surface area (Å²) in [5.41, 5.74) is 2.44. The summed E-state index contributed by atoms with van der Waals surface area (Å²) in [6.07, 6.45) is 0.0453. The van der Waals surface area contributed by atoms with E-state index >= 15 is 0 Å². The van der Waals surface area contributed by atoms with Crippen molar-refractivity contribution in [2.45, 2.75) is 44.4 Å². The number of carboxylic acids is 1. The number of imidazole rings is 1. The molecule has 4 aromatic rings. The van der Waals surface area contributed by atoms with Gasteiger partial charge in [0.15, 0.2) is 29.5 Å². The Bertz CT molecular complexity index is 1550. The molecule has 0 saturated carbocycles. The number of hydrogen-bond acceptors (Lipinski definition) is 9. The standard InChI is InChI=1S/C28H28N6O7/c1-2-29-28(37)33-23-20-24(31-14-30-23)34(15-32-20)25-22-21(40-27(41-22)16-8-4-3-5-9-16)19(39-25)13-38-12-17-10-6-7-11-18(17)26(35)36/h3-11,14-15,19,21-22,25,27H,2,12-13H2,1H3,(H,35,36)(H2,29,30,31,33,37)/t19-,21+,22?,25-,27+/m1/s1. The molecule has 41 heavy (non-hydrogen) atoms. The average molecular weight is 561 g/mol. The average Bonchev–Trinajstić information content (AvgIpc) is 3.69. The first-order valence-electron chi connectivity index (χ1n) is 13.2. The summed E-state index contributed by atoms with van der Waals surface area (Å²) < 4.78 is 26.8. The van der Waals surface area contributed by atoms with Crippen molar-refractivity contribution in [2.24, 2.45) is 0 Å². The second kappa shape index (κ2) is 11.6. The number of urea groups is 1. The largest absolute Gasteiger partial charge is 0.478 e. The van der Waals surface area contributed by atoms with Gasteiger partial charge in [-0.15, -0.1) is 0 Å². The van der Waals surface area contributed by atoms with E-state index in [2.05, 4.69) is 25.6 Å². The van der Waals surface area contributed by atoms with Crippen molar-refractivity contribution in [3.8, 4) is 0 Å². The Hall–Kier alpha value is -4.43. The van der Waals surface area contributed by atoms with Crippen molar-refractivity contribution in [1.82, 2.24) is 24.8 Å². The van der Waals surface area contributed by atoms with E-state index < -0.39 is 42.8 Å². The summed E-state index contributed by atoms with van der Waals surface area (Å²) in [4.78, 5) is 36.7. The van der Waals surface area contributed by atoms with Gasteiger partial charge in [-0.2, -0.15) is 0 Å². The van der Waals surface area contributed by atoms with Crippen LogP contribution in [0.1, 0.15) is 40.9 Å². The van der Waals surface area contributed by atoms with E-state index in [0.717, 1.165) is 5.56 Å². The van der Waals surface area contributed by atoms with E-state index in [-0.39, 0.29) is 24.6 Å². The number of amides is 2. The van der Waals surface area contributed by atoms with Crippen LogP contribution in [0.3, 0.4) is 0 Å². The Labute approximate surface area is 234 Å². The SMILES string of the molecule is CCNC(=O)Nc1ncnc2c1ncn2[C@@H]1O[C@H](COCc2ccccc2C(=O)O)[C@@H]2O[C@H](c3ccccc3)OC21. The summed E-state index contributed by atoms with van der Waals surface area (Å²) >= 11 is 0. The smallest absolute Gasteiger partial charge is 0.336 e. The van der Waals surface area contributed by atoms with Gasteiger partial charge in [0.05, 0.1) is 25.1 Å². The van der Waals surface area contributed by atoms with Gasteiger partial charge in [0.25, 0.3) is 0 Å². The number of nitrogens with one attached hydrogen (secondary N) is 2. The van der Waals surface area contributed by atoms with Gasteiger partial charge in [-0.1, -0.05) is 48.5 Å². The molecule has 2 aliphatic heterocycles.